The normalized spacial score (nSPS) is 11.2. The van der Waals surface area contributed by atoms with Gasteiger partial charge in [-0.2, -0.15) is 18.3 Å². The number of nitrogens with one attached hydrogen (secondary N) is 2. The van der Waals surface area contributed by atoms with Gasteiger partial charge in [0.1, 0.15) is 11.6 Å². The Balaban J connectivity index is 1.65. The number of anilines is 2. The van der Waals surface area contributed by atoms with Crippen molar-refractivity contribution < 1.29 is 22.7 Å². The molecule has 0 aliphatic carbocycles. The minimum absolute atomic E-state index is 0.276. The number of methoxy groups -OCH3 is 1. The summed E-state index contributed by atoms with van der Waals surface area (Å²) < 4.78 is 46.0. The van der Waals surface area contributed by atoms with E-state index in [1.807, 2.05) is 6.07 Å². The number of carbonyl (C=O) groups is 1. The van der Waals surface area contributed by atoms with E-state index in [-0.39, 0.29) is 11.3 Å². The van der Waals surface area contributed by atoms with Crippen molar-refractivity contribution in [1.82, 2.24) is 9.78 Å². The third kappa shape index (κ3) is 5.15. The number of hydrogen-bond acceptors (Lipinski definition) is 3. The van der Waals surface area contributed by atoms with Crippen molar-refractivity contribution in [2.24, 2.45) is 0 Å². The highest BCUT2D eigenvalue weighted by Crippen LogP contribution is 2.33. The van der Waals surface area contributed by atoms with Gasteiger partial charge in [0.2, 0.25) is 0 Å². The Kier molecular flexibility index (Phi) is 6.03. The number of alkyl halides is 3. The molecule has 0 unspecified atom stereocenters. The molecule has 0 aliphatic rings. The lowest BCUT2D eigenvalue weighted by Crippen LogP contribution is -2.21. The van der Waals surface area contributed by atoms with E-state index in [9.17, 15) is 18.0 Å². The van der Waals surface area contributed by atoms with Gasteiger partial charge >= 0.3 is 12.2 Å². The number of para-hydroxylation sites is 1. The summed E-state index contributed by atoms with van der Waals surface area (Å²) in [6.07, 6.45) is -4.47. The molecule has 0 bridgehead atoms. The minimum atomic E-state index is -4.47. The van der Waals surface area contributed by atoms with Crippen molar-refractivity contribution in [2.75, 3.05) is 17.7 Å². The molecule has 4 rings (SSSR count). The van der Waals surface area contributed by atoms with Crippen LogP contribution in [0.15, 0.2) is 84.9 Å². The SMILES string of the molecule is COc1ccc(NC(=O)Nc2cc(-c3cccc(C(F)(F)F)c3)nn2-c2ccccc2)cc1. The number of benzene rings is 3. The van der Waals surface area contributed by atoms with Crippen molar-refractivity contribution in [3.8, 4) is 22.7 Å². The lowest BCUT2D eigenvalue weighted by atomic mass is 10.1. The molecule has 6 nitrogen and oxygen atoms in total. The highest BCUT2D eigenvalue weighted by atomic mass is 19.4. The molecule has 2 amide bonds. The molecule has 33 heavy (non-hydrogen) atoms. The molecule has 4 aromatic rings. The number of amides is 2. The van der Waals surface area contributed by atoms with E-state index in [1.165, 1.54) is 22.9 Å². The van der Waals surface area contributed by atoms with E-state index in [1.54, 1.807) is 55.6 Å². The number of hydrogen-bond donors (Lipinski definition) is 2. The Bertz CT molecular complexity index is 1250. The molecule has 9 heteroatoms. The van der Waals surface area contributed by atoms with Crippen LogP contribution in [0.3, 0.4) is 0 Å². The molecule has 1 heterocycles. The number of nitrogens with zero attached hydrogens (tertiary/aromatic N) is 2. The Morgan fingerprint density at radius 2 is 1.64 bits per heavy atom. The first-order valence-corrected chi connectivity index (χ1v) is 9.89. The van der Waals surface area contributed by atoms with Crippen LogP contribution in [-0.4, -0.2) is 22.9 Å². The van der Waals surface area contributed by atoms with Crippen molar-refractivity contribution in [3.05, 3.63) is 90.5 Å². The zero-order chi connectivity index (χ0) is 23.4. The van der Waals surface area contributed by atoms with Crippen LogP contribution in [0.5, 0.6) is 5.75 Å². The Morgan fingerprint density at radius 1 is 0.909 bits per heavy atom. The summed E-state index contributed by atoms with van der Waals surface area (Å²) in [6, 6.07) is 21.6. The van der Waals surface area contributed by atoms with Crippen LogP contribution >= 0.6 is 0 Å². The Labute approximate surface area is 187 Å². The van der Waals surface area contributed by atoms with E-state index in [2.05, 4.69) is 15.7 Å². The number of rotatable bonds is 5. The fourth-order valence-electron chi connectivity index (χ4n) is 3.19. The predicted octanol–water partition coefficient (Wildman–Crippen LogP) is 6.21. The largest absolute Gasteiger partial charge is 0.497 e. The first-order chi connectivity index (χ1) is 15.8. The molecular formula is C24H19F3N4O2. The van der Waals surface area contributed by atoms with Gasteiger partial charge in [0.25, 0.3) is 0 Å². The standard InChI is InChI=1S/C24H19F3N4O2/c1-33-20-12-10-18(11-13-20)28-23(32)29-22-15-21(30-31(22)19-8-3-2-4-9-19)16-6-5-7-17(14-16)24(25,26)27/h2-15H,1H3,(H2,28,29,32). The quantitative estimate of drug-likeness (QED) is 0.378. The maximum absolute atomic E-state index is 13.2. The average Bonchev–Trinajstić information content (AvgIpc) is 3.23. The summed E-state index contributed by atoms with van der Waals surface area (Å²) >= 11 is 0. The molecule has 0 radical (unpaired) electrons. The van der Waals surface area contributed by atoms with E-state index >= 15 is 0 Å². The van der Waals surface area contributed by atoms with E-state index in [0.717, 1.165) is 12.1 Å². The van der Waals surface area contributed by atoms with Gasteiger partial charge in [-0.3, -0.25) is 5.32 Å². The molecule has 0 fully saturated rings. The molecule has 0 spiro atoms. The van der Waals surface area contributed by atoms with Crippen LogP contribution in [0.1, 0.15) is 5.56 Å². The number of urea groups is 1. The monoisotopic (exact) mass is 452 g/mol. The van der Waals surface area contributed by atoms with Gasteiger partial charge in [-0.05, 0) is 48.5 Å². The van der Waals surface area contributed by atoms with Gasteiger partial charge < -0.3 is 10.1 Å². The van der Waals surface area contributed by atoms with E-state index in [0.29, 0.717) is 22.9 Å². The molecular weight excluding hydrogens is 433 g/mol. The second kappa shape index (κ2) is 9.07. The molecule has 2 N–H and O–H groups in total. The van der Waals surface area contributed by atoms with Crippen LogP contribution in [0.2, 0.25) is 0 Å². The first-order valence-electron chi connectivity index (χ1n) is 9.89. The van der Waals surface area contributed by atoms with Crippen molar-refractivity contribution >= 4 is 17.5 Å². The van der Waals surface area contributed by atoms with Gasteiger partial charge in [-0.1, -0.05) is 30.3 Å². The maximum atomic E-state index is 13.2. The molecule has 0 saturated carbocycles. The highest BCUT2D eigenvalue weighted by molar-refractivity contribution is 5.99. The smallest absolute Gasteiger partial charge is 0.416 e. The van der Waals surface area contributed by atoms with Crippen molar-refractivity contribution in [3.63, 3.8) is 0 Å². The molecule has 0 saturated heterocycles. The zero-order valence-electron chi connectivity index (χ0n) is 17.4. The number of carbonyl (C=O) groups excluding carboxylic acids is 1. The number of ether oxygens (including phenoxy) is 1. The fraction of sp³-hybridized carbons (Fsp3) is 0.0833. The van der Waals surface area contributed by atoms with Crippen LogP contribution < -0.4 is 15.4 Å². The Morgan fingerprint density at radius 3 is 2.30 bits per heavy atom. The molecule has 0 aliphatic heterocycles. The molecule has 168 valence electrons. The summed E-state index contributed by atoms with van der Waals surface area (Å²) in [7, 11) is 1.54. The topological polar surface area (TPSA) is 68.2 Å². The van der Waals surface area contributed by atoms with Gasteiger partial charge in [-0.15, -0.1) is 0 Å². The van der Waals surface area contributed by atoms with Crippen LogP contribution in [0, 0.1) is 0 Å². The third-order valence-corrected chi connectivity index (χ3v) is 4.79. The summed E-state index contributed by atoms with van der Waals surface area (Å²) in [6.45, 7) is 0. The first kappa shape index (κ1) is 21.9. The minimum Gasteiger partial charge on any atom is -0.497 e. The predicted molar refractivity (Wildman–Crippen MR) is 120 cm³/mol. The van der Waals surface area contributed by atoms with E-state index < -0.39 is 17.8 Å². The van der Waals surface area contributed by atoms with Gasteiger partial charge in [0.15, 0.2) is 0 Å². The molecule has 0 atom stereocenters. The van der Waals surface area contributed by atoms with Gasteiger partial charge in [0, 0.05) is 17.3 Å². The van der Waals surface area contributed by atoms with E-state index in [4.69, 9.17) is 4.74 Å². The van der Waals surface area contributed by atoms with Crippen molar-refractivity contribution in [2.45, 2.75) is 6.18 Å². The van der Waals surface area contributed by atoms with Crippen molar-refractivity contribution in [1.29, 1.82) is 0 Å². The zero-order valence-corrected chi connectivity index (χ0v) is 17.4. The second-order valence-electron chi connectivity index (χ2n) is 7.05. The maximum Gasteiger partial charge on any atom is 0.416 e. The summed E-state index contributed by atoms with van der Waals surface area (Å²) in [4.78, 5) is 12.6. The van der Waals surface area contributed by atoms with Crippen LogP contribution in [0.25, 0.3) is 16.9 Å². The average molecular weight is 452 g/mol. The van der Waals surface area contributed by atoms with Crippen LogP contribution in [0.4, 0.5) is 29.5 Å². The third-order valence-electron chi connectivity index (χ3n) is 4.79. The highest BCUT2D eigenvalue weighted by Gasteiger charge is 2.30. The van der Waals surface area contributed by atoms with Gasteiger partial charge in [0.05, 0.1) is 24.1 Å². The molecule has 1 aromatic heterocycles. The van der Waals surface area contributed by atoms with Crippen LogP contribution in [-0.2, 0) is 6.18 Å². The lowest BCUT2D eigenvalue weighted by Gasteiger charge is -2.10. The summed E-state index contributed by atoms with van der Waals surface area (Å²) in [5.41, 5.74) is 0.955. The fourth-order valence-corrected chi connectivity index (χ4v) is 3.19. The molecule has 3 aromatic carbocycles. The summed E-state index contributed by atoms with van der Waals surface area (Å²) in [5, 5.41) is 9.87. The van der Waals surface area contributed by atoms with Gasteiger partial charge in [-0.25, -0.2) is 9.48 Å². The lowest BCUT2D eigenvalue weighted by molar-refractivity contribution is -0.137. The number of halogens is 3. The second-order valence-corrected chi connectivity index (χ2v) is 7.05. The number of aromatic nitrogens is 2. The summed E-state index contributed by atoms with van der Waals surface area (Å²) in [5.74, 6) is 0.938. The Hall–Kier alpha value is -4.27.